The molecular weight excluding hydrogens is 487 g/mol. The summed E-state index contributed by atoms with van der Waals surface area (Å²) in [5.74, 6) is -0.199. The summed E-state index contributed by atoms with van der Waals surface area (Å²) in [5.41, 5.74) is 5.85. The number of hydrogen-bond donors (Lipinski definition) is 3. The normalized spacial score (nSPS) is 18.2. The molecular formula is C28H31FN6O3. The number of carbonyl (C=O) groups excluding carboxylic acids is 1. The van der Waals surface area contributed by atoms with Gasteiger partial charge in [-0.05, 0) is 54.3 Å². The van der Waals surface area contributed by atoms with Crippen molar-refractivity contribution in [3.63, 3.8) is 0 Å². The number of amides is 1. The van der Waals surface area contributed by atoms with Crippen LogP contribution in [0.3, 0.4) is 0 Å². The number of nitrogens with zero attached hydrogens (tertiary/aromatic N) is 4. The van der Waals surface area contributed by atoms with E-state index in [4.69, 9.17) is 9.72 Å². The third-order valence-electron chi connectivity index (χ3n) is 7.52. The predicted molar refractivity (Wildman–Crippen MR) is 141 cm³/mol. The van der Waals surface area contributed by atoms with Gasteiger partial charge in [-0.3, -0.25) is 14.8 Å². The Labute approximate surface area is 219 Å². The summed E-state index contributed by atoms with van der Waals surface area (Å²) >= 11 is 0. The van der Waals surface area contributed by atoms with Crippen molar-refractivity contribution in [2.75, 3.05) is 32.8 Å². The lowest BCUT2D eigenvalue weighted by molar-refractivity contribution is -0.135. The Morgan fingerprint density at radius 3 is 2.95 bits per heavy atom. The van der Waals surface area contributed by atoms with Crippen LogP contribution in [-0.4, -0.2) is 79.9 Å². The molecule has 2 aromatic carbocycles. The Bertz CT molecular complexity index is 1510. The molecule has 4 heterocycles. The highest BCUT2D eigenvalue weighted by molar-refractivity contribution is 5.94. The quantitative estimate of drug-likeness (QED) is 0.372. The predicted octanol–water partition coefficient (Wildman–Crippen LogP) is 3.63. The monoisotopic (exact) mass is 518 g/mol. The molecule has 1 fully saturated rings. The molecule has 2 aliphatic heterocycles. The highest BCUT2D eigenvalue weighted by Gasteiger charge is 2.27. The number of aromatic nitrogens is 4. The largest absolute Gasteiger partial charge is 0.505 e. The number of nitrogens with one attached hydrogen (secondary N) is 2. The maximum atomic E-state index is 14.1. The first-order valence-corrected chi connectivity index (χ1v) is 13.1. The first-order valence-electron chi connectivity index (χ1n) is 13.1. The second kappa shape index (κ2) is 9.85. The van der Waals surface area contributed by atoms with Crippen LogP contribution in [0.15, 0.2) is 30.3 Å². The van der Waals surface area contributed by atoms with E-state index in [0.29, 0.717) is 50.6 Å². The lowest BCUT2D eigenvalue weighted by atomic mass is 9.96. The van der Waals surface area contributed by atoms with Gasteiger partial charge in [0.2, 0.25) is 5.91 Å². The zero-order chi connectivity index (χ0) is 26.4. The van der Waals surface area contributed by atoms with Crippen LogP contribution in [0.25, 0.3) is 33.5 Å². The zero-order valence-electron chi connectivity index (χ0n) is 21.6. The SMILES string of the molecule is CCc1cc(O)c(F)cc1-c1ccc2c(-c3nc4c([nH]3)CN(C(=O)CN3CCO[C@@H](C)C3)CC4)n[nH]c2c1. The minimum atomic E-state index is -0.643. The van der Waals surface area contributed by atoms with Gasteiger partial charge in [0.25, 0.3) is 0 Å². The maximum Gasteiger partial charge on any atom is 0.237 e. The number of halogens is 1. The summed E-state index contributed by atoms with van der Waals surface area (Å²) in [6, 6.07) is 8.68. The van der Waals surface area contributed by atoms with Crippen molar-refractivity contribution in [2.24, 2.45) is 0 Å². The number of hydrogen-bond acceptors (Lipinski definition) is 6. The van der Waals surface area contributed by atoms with Crippen molar-refractivity contribution in [1.29, 1.82) is 0 Å². The standard InChI is InChI=1S/C28H31FN6O3/c1-3-17-11-25(36)21(29)12-20(17)18-4-5-19-23(10-18)32-33-27(19)28-30-22-6-7-35(14-24(22)31-28)26(37)15-34-8-9-38-16(2)13-34/h4-5,10-12,16,36H,3,6-9,13-15H2,1-2H3,(H,30,31)(H,32,33)/t16-/m0/s1. The number of fused-ring (bicyclic) bond motifs is 2. The summed E-state index contributed by atoms with van der Waals surface area (Å²) in [4.78, 5) is 25.2. The fraction of sp³-hybridized carbons (Fsp3) is 0.393. The first kappa shape index (κ1) is 24.6. The molecule has 0 bridgehead atoms. The molecule has 0 radical (unpaired) electrons. The molecule has 198 valence electrons. The molecule has 2 aliphatic rings. The Morgan fingerprint density at radius 1 is 1.26 bits per heavy atom. The number of aryl methyl sites for hydroxylation is 1. The van der Waals surface area contributed by atoms with E-state index in [2.05, 4.69) is 20.1 Å². The van der Waals surface area contributed by atoms with E-state index in [-0.39, 0.29) is 17.8 Å². The van der Waals surface area contributed by atoms with Crippen molar-refractivity contribution in [3.8, 4) is 28.4 Å². The van der Waals surface area contributed by atoms with Gasteiger partial charge >= 0.3 is 0 Å². The third kappa shape index (κ3) is 4.54. The molecule has 0 aliphatic carbocycles. The first-order chi connectivity index (χ1) is 18.4. The summed E-state index contributed by atoms with van der Waals surface area (Å²) in [6.45, 7) is 7.76. The number of benzene rings is 2. The average Bonchev–Trinajstić information content (AvgIpc) is 3.53. The lowest BCUT2D eigenvalue weighted by Gasteiger charge is -2.33. The molecule has 10 heteroatoms. The molecule has 0 unspecified atom stereocenters. The highest BCUT2D eigenvalue weighted by atomic mass is 19.1. The number of morpholine rings is 1. The number of aromatic amines is 2. The average molecular weight is 519 g/mol. The van der Waals surface area contributed by atoms with Gasteiger partial charge in [0.1, 0.15) is 5.69 Å². The summed E-state index contributed by atoms with van der Waals surface area (Å²) in [7, 11) is 0. The lowest BCUT2D eigenvalue weighted by Crippen LogP contribution is -2.48. The van der Waals surface area contributed by atoms with Crippen LogP contribution in [-0.2, 0) is 28.9 Å². The van der Waals surface area contributed by atoms with Crippen LogP contribution in [0, 0.1) is 5.82 Å². The topological polar surface area (TPSA) is 110 Å². The van der Waals surface area contributed by atoms with Crippen LogP contribution >= 0.6 is 0 Å². The van der Waals surface area contributed by atoms with Gasteiger partial charge in [-0.25, -0.2) is 9.37 Å². The number of phenolic OH excluding ortho intramolecular Hbond substituents is 1. The number of rotatable bonds is 5. The van der Waals surface area contributed by atoms with E-state index in [1.807, 2.05) is 36.9 Å². The Hall–Kier alpha value is -3.76. The van der Waals surface area contributed by atoms with Gasteiger partial charge in [0.05, 0.1) is 42.7 Å². The van der Waals surface area contributed by atoms with Gasteiger partial charge in [0.15, 0.2) is 17.4 Å². The molecule has 3 N–H and O–H groups in total. The van der Waals surface area contributed by atoms with E-state index in [1.54, 1.807) is 0 Å². The second-order valence-electron chi connectivity index (χ2n) is 10.1. The summed E-state index contributed by atoms with van der Waals surface area (Å²) in [5, 5.41) is 18.3. The van der Waals surface area contributed by atoms with Gasteiger partial charge in [-0.2, -0.15) is 5.10 Å². The molecule has 2 aromatic heterocycles. The van der Waals surface area contributed by atoms with Crippen LogP contribution in [0.4, 0.5) is 4.39 Å². The number of imidazole rings is 1. The van der Waals surface area contributed by atoms with E-state index < -0.39 is 5.82 Å². The minimum Gasteiger partial charge on any atom is -0.505 e. The minimum absolute atomic E-state index is 0.121. The molecule has 4 aromatic rings. The molecule has 6 rings (SSSR count). The number of carbonyl (C=O) groups is 1. The van der Waals surface area contributed by atoms with E-state index in [0.717, 1.165) is 52.1 Å². The van der Waals surface area contributed by atoms with Crippen molar-refractivity contribution >= 4 is 16.8 Å². The van der Waals surface area contributed by atoms with Crippen LogP contribution < -0.4 is 0 Å². The molecule has 0 saturated carbocycles. The molecule has 1 atom stereocenters. The zero-order valence-corrected chi connectivity index (χ0v) is 21.6. The third-order valence-corrected chi connectivity index (χ3v) is 7.52. The number of aromatic hydroxyl groups is 1. The fourth-order valence-corrected chi connectivity index (χ4v) is 5.48. The molecule has 9 nitrogen and oxygen atoms in total. The smallest absolute Gasteiger partial charge is 0.237 e. The fourth-order valence-electron chi connectivity index (χ4n) is 5.48. The van der Waals surface area contributed by atoms with E-state index in [1.165, 1.54) is 12.1 Å². The van der Waals surface area contributed by atoms with Crippen molar-refractivity contribution < 1.29 is 19.0 Å². The van der Waals surface area contributed by atoms with E-state index >= 15 is 0 Å². The Morgan fingerprint density at radius 2 is 2.13 bits per heavy atom. The molecule has 0 spiro atoms. The molecule has 1 saturated heterocycles. The van der Waals surface area contributed by atoms with Crippen LogP contribution in [0.2, 0.25) is 0 Å². The number of H-pyrrole nitrogens is 2. The summed E-state index contributed by atoms with van der Waals surface area (Å²) < 4.78 is 19.7. The van der Waals surface area contributed by atoms with Crippen LogP contribution in [0.5, 0.6) is 5.75 Å². The Kier molecular flexibility index (Phi) is 6.37. The van der Waals surface area contributed by atoms with Crippen molar-refractivity contribution in [2.45, 2.75) is 39.3 Å². The number of phenols is 1. The van der Waals surface area contributed by atoms with Gasteiger partial charge in [-0.1, -0.05) is 13.0 Å². The van der Waals surface area contributed by atoms with Gasteiger partial charge in [0, 0.05) is 31.4 Å². The van der Waals surface area contributed by atoms with E-state index in [9.17, 15) is 14.3 Å². The van der Waals surface area contributed by atoms with Gasteiger partial charge in [-0.15, -0.1) is 0 Å². The molecule has 38 heavy (non-hydrogen) atoms. The molecule has 1 amide bonds. The summed E-state index contributed by atoms with van der Waals surface area (Å²) in [6.07, 6.45) is 1.50. The van der Waals surface area contributed by atoms with Crippen molar-refractivity contribution in [1.82, 2.24) is 30.0 Å². The highest BCUT2D eigenvalue weighted by Crippen LogP contribution is 2.34. The maximum absolute atomic E-state index is 14.1. The van der Waals surface area contributed by atoms with Crippen molar-refractivity contribution in [3.05, 3.63) is 53.1 Å². The second-order valence-corrected chi connectivity index (χ2v) is 10.1. The van der Waals surface area contributed by atoms with Gasteiger partial charge < -0.3 is 19.7 Å². The Balaban J connectivity index is 1.22. The van der Waals surface area contributed by atoms with Crippen LogP contribution in [0.1, 0.15) is 30.8 Å². The number of ether oxygens (including phenoxy) is 1.